The first-order valence-electron chi connectivity index (χ1n) is 18.8. The van der Waals surface area contributed by atoms with Crippen LogP contribution in [0.4, 0.5) is 4.79 Å². The van der Waals surface area contributed by atoms with Crippen LogP contribution >= 0.6 is 0 Å². The molecule has 0 aliphatic rings. The Kier molecular flexibility index (Phi) is 18.2. The van der Waals surface area contributed by atoms with Crippen molar-refractivity contribution in [2.45, 2.75) is 164 Å². The van der Waals surface area contributed by atoms with Gasteiger partial charge in [0.25, 0.3) is 5.91 Å². The van der Waals surface area contributed by atoms with Gasteiger partial charge in [-0.3, -0.25) is 14.4 Å². The van der Waals surface area contributed by atoms with Gasteiger partial charge in [-0.2, -0.15) is 0 Å². The largest absolute Gasteiger partial charge is 0.459 e. The van der Waals surface area contributed by atoms with E-state index in [0.717, 1.165) is 5.56 Å². The Morgan fingerprint density at radius 2 is 1.40 bits per heavy atom. The van der Waals surface area contributed by atoms with Crippen LogP contribution < -0.4 is 10.6 Å². The van der Waals surface area contributed by atoms with Crippen molar-refractivity contribution in [3.63, 3.8) is 0 Å². The summed E-state index contributed by atoms with van der Waals surface area (Å²) in [6.45, 7) is 28.5. The topological polar surface area (TPSA) is 150 Å². The van der Waals surface area contributed by atoms with Gasteiger partial charge >= 0.3 is 18.0 Å². The number of carbonyl (C=O) groups excluding carboxylic acids is 5. The molecule has 13 heteroatoms. The highest BCUT2D eigenvalue weighted by atomic mass is 28.4. The number of nitrogens with one attached hydrogen (secondary N) is 2. The fraction of sp³-hybridized carbons (Fsp3) is 0.725. The third-order valence-electron chi connectivity index (χ3n) is 9.36. The summed E-state index contributed by atoms with van der Waals surface area (Å²) in [5, 5.41) is 5.53. The Bertz CT molecular complexity index is 1350. The predicted molar refractivity (Wildman–Crippen MR) is 209 cm³/mol. The van der Waals surface area contributed by atoms with E-state index < -0.39 is 80.0 Å². The maximum Gasteiger partial charge on any atom is 0.407 e. The van der Waals surface area contributed by atoms with Crippen LogP contribution in [0, 0.1) is 17.8 Å². The van der Waals surface area contributed by atoms with Gasteiger partial charge in [-0.05, 0) is 75.6 Å². The summed E-state index contributed by atoms with van der Waals surface area (Å²) >= 11 is 0. The second-order valence-electron chi connectivity index (χ2n) is 17.6. The van der Waals surface area contributed by atoms with E-state index in [2.05, 4.69) is 44.5 Å². The predicted octanol–water partition coefficient (Wildman–Crippen LogP) is 7.01. The van der Waals surface area contributed by atoms with Crippen molar-refractivity contribution in [3.05, 3.63) is 35.9 Å². The Morgan fingerprint density at radius 3 is 1.87 bits per heavy atom. The van der Waals surface area contributed by atoms with Crippen LogP contribution in [-0.4, -0.2) is 86.0 Å². The highest BCUT2D eigenvalue weighted by Gasteiger charge is 2.43. The second-order valence-corrected chi connectivity index (χ2v) is 22.4. The molecule has 53 heavy (non-hydrogen) atoms. The van der Waals surface area contributed by atoms with E-state index in [9.17, 15) is 24.0 Å². The summed E-state index contributed by atoms with van der Waals surface area (Å²) in [6, 6.07) is 6.71. The molecule has 0 bridgehead atoms. The molecule has 12 nitrogen and oxygen atoms in total. The maximum absolute atomic E-state index is 13.8. The Balaban J connectivity index is 3.25. The minimum atomic E-state index is -2.48. The van der Waals surface area contributed by atoms with E-state index in [0.29, 0.717) is 0 Å². The molecule has 0 radical (unpaired) electrons. The van der Waals surface area contributed by atoms with Gasteiger partial charge in [0, 0.05) is 7.05 Å². The number of alkyl carbamates (subject to hydrolysis) is 1. The van der Waals surface area contributed by atoms with Crippen molar-refractivity contribution in [1.29, 1.82) is 0 Å². The summed E-state index contributed by atoms with van der Waals surface area (Å²) in [5.41, 5.74) is 0.0871. The van der Waals surface area contributed by atoms with Crippen LogP contribution in [0.2, 0.25) is 18.1 Å². The molecule has 2 N–H and O–H groups in total. The summed E-state index contributed by atoms with van der Waals surface area (Å²) in [7, 11) is -0.985. The highest BCUT2D eigenvalue weighted by Crippen LogP contribution is 2.38. The van der Waals surface area contributed by atoms with Gasteiger partial charge in [0.2, 0.25) is 5.91 Å². The number of hydrogen-bond donors (Lipinski definition) is 2. The van der Waals surface area contributed by atoms with Gasteiger partial charge in [-0.1, -0.05) is 92.6 Å². The third-order valence-corrected chi connectivity index (χ3v) is 13.9. The SMILES string of the molecule is CC(C)C[C@H](NC(=O)[C@@H](OC(=O)C[C@H](O[Si](C)(C)C(C)(C)C)[C@H](NC(=O)OC(C)(C)C)C(C)C)C(C)C)C(=O)N(C)[C@@H](C)C(=O)OCc1ccccc1. The van der Waals surface area contributed by atoms with Crippen LogP contribution in [0.25, 0.3) is 0 Å². The Labute approximate surface area is 319 Å². The Hall–Kier alpha value is -3.45. The van der Waals surface area contributed by atoms with Gasteiger partial charge in [0.15, 0.2) is 14.4 Å². The lowest BCUT2D eigenvalue weighted by atomic mass is 9.96. The molecule has 0 heterocycles. The molecule has 0 fully saturated rings. The molecule has 0 aromatic heterocycles. The van der Waals surface area contributed by atoms with E-state index in [1.54, 1.807) is 41.5 Å². The fourth-order valence-electron chi connectivity index (χ4n) is 5.17. The molecular formula is C40H69N3O9Si. The average molecular weight is 764 g/mol. The van der Waals surface area contributed by atoms with Gasteiger partial charge < -0.3 is 34.2 Å². The van der Waals surface area contributed by atoms with Crippen molar-refractivity contribution in [1.82, 2.24) is 15.5 Å². The zero-order valence-corrected chi connectivity index (χ0v) is 36.2. The summed E-state index contributed by atoms with van der Waals surface area (Å²) in [4.78, 5) is 68.4. The first kappa shape index (κ1) is 47.6. The number of ether oxygens (including phenoxy) is 3. The van der Waals surface area contributed by atoms with E-state index in [4.69, 9.17) is 18.6 Å². The third kappa shape index (κ3) is 16.2. The van der Waals surface area contributed by atoms with Gasteiger partial charge in [0.1, 0.15) is 24.3 Å². The normalized spacial score (nSPS) is 15.2. The highest BCUT2D eigenvalue weighted by molar-refractivity contribution is 6.74. The quantitative estimate of drug-likeness (QED) is 0.0915. The lowest BCUT2D eigenvalue weighted by Crippen LogP contribution is -2.56. The summed E-state index contributed by atoms with van der Waals surface area (Å²) < 4.78 is 23.6. The van der Waals surface area contributed by atoms with E-state index >= 15 is 0 Å². The van der Waals surface area contributed by atoms with Crippen LogP contribution in [0.3, 0.4) is 0 Å². The lowest BCUT2D eigenvalue weighted by molar-refractivity contribution is -0.161. The molecule has 0 saturated carbocycles. The molecule has 0 spiro atoms. The minimum absolute atomic E-state index is 0.0109. The molecule has 3 amide bonds. The number of benzene rings is 1. The molecule has 0 saturated heterocycles. The van der Waals surface area contributed by atoms with E-state index in [-0.39, 0.29) is 36.3 Å². The molecule has 1 aromatic rings. The lowest BCUT2D eigenvalue weighted by Gasteiger charge is -2.42. The van der Waals surface area contributed by atoms with Gasteiger partial charge in [-0.15, -0.1) is 0 Å². The fourth-order valence-corrected chi connectivity index (χ4v) is 6.51. The van der Waals surface area contributed by atoms with Crippen molar-refractivity contribution in [3.8, 4) is 0 Å². The van der Waals surface area contributed by atoms with E-state index in [1.807, 2.05) is 58.0 Å². The van der Waals surface area contributed by atoms with Crippen molar-refractivity contribution in [2.75, 3.05) is 7.05 Å². The number of esters is 2. The standard InChI is InChI=1S/C40H69N3O9Si/c1-25(2)22-30(36(46)43(14)28(7)37(47)49-24-29-20-18-17-19-21-29)41-35(45)34(27(5)6)50-32(44)23-31(52-53(15,16)40(11,12)13)33(26(3)4)42-38(48)51-39(8,9)10/h17-21,25-28,30-31,33-34H,22-24H2,1-16H3,(H,41,45)(H,42,48)/t28-,30-,31-,33+,34-/m0/s1. The number of likely N-dealkylation sites (N-methyl/N-ethyl adjacent to an activating group) is 1. The number of carbonyl (C=O) groups is 5. The summed E-state index contributed by atoms with van der Waals surface area (Å²) in [5.74, 6) is -2.95. The Morgan fingerprint density at radius 1 is 0.830 bits per heavy atom. The van der Waals surface area contributed by atoms with Crippen LogP contribution in [0.1, 0.15) is 108 Å². The summed E-state index contributed by atoms with van der Waals surface area (Å²) in [6.07, 6.45) is -2.58. The van der Waals surface area contributed by atoms with Crippen molar-refractivity contribution < 1.29 is 42.6 Å². The molecule has 1 aromatic carbocycles. The second kappa shape index (κ2) is 20.3. The van der Waals surface area contributed by atoms with E-state index in [1.165, 1.54) is 11.9 Å². The molecule has 0 unspecified atom stereocenters. The molecular weight excluding hydrogens is 695 g/mol. The zero-order chi connectivity index (χ0) is 41.1. The molecule has 5 atom stereocenters. The van der Waals surface area contributed by atoms with Crippen LogP contribution in [0.5, 0.6) is 0 Å². The number of rotatable bonds is 18. The maximum atomic E-state index is 13.8. The van der Waals surface area contributed by atoms with Crippen molar-refractivity contribution in [2.24, 2.45) is 17.8 Å². The number of hydrogen-bond acceptors (Lipinski definition) is 9. The van der Waals surface area contributed by atoms with Gasteiger partial charge in [-0.25, -0.2) is 9.59 Å². The first-order chi connectivity index (χ1) is 24.2. The van der Waals surface area contributed by atoms with Gasteiger partial charge in [0.05, 0.1) is 18.6 Å². The van der Waals surface area contributed by atoms with Crippen LogP contribution in [-0.2, 0) is 44.4 Å². The molecule has 0 aliphatic carbocycles. The molecule has 1 rings (SSSR count). The van der Waals surface area contributed by atoms with Crippen LogP contribution in [0.15, 0.2) is 30.3 Å². The smallest absolute Gasteiger partial charge is 0.407 e. The molecule has 0 aliphatic heterocycles. The zero-order valence-electron chi connectivity index (χ0n) is 35.2. The van der Waals surface area contributed by atoms with Crippen molar-refractivity contribution >= 4 is 38.2 Å². The average Bonchev–Trinajstić information content (AvgIpc) is 3.01. The molecule has 302 valence electrons. The minimum Gasteiger partial charge on any atom is -0.459 e. The number of nitrogens with zero attached hydrogens (tertiary/aromatic N) is 1. The number of amides is 3. The first-order valence-corrected chi connectivity index (χ1v) is 21.7. The monoisotopic (exact) mass is 763 g/mol.